The van der Waals surface area contributed by atoms with Gasteiger partial charge in [-0.3, -0.25) is 19.4 Å². The lowest BCUT2D eigenvalue weighted by Crippen LogP contribution is -2.37. The van der Waals surface area contributed by atoms with Gasteiger partial charge in [0.25, 0.3) is 5.91 Å². The SMILES string of the molecule is CNCCN(CC=O)C(=O)c1ccc(CN(C=O)C(Cc2ccc(NC(=O)CCC3CCCC3)cc2C)c2ccc3ccccc3n2)cc1. The fraction of sp³-hybridized carbons (Fsp3) is 0.375. The van der Waals surface area contributed by atoms with Crippen LogP contribution < -0.4 is 10.6 Å². The zero-order valence-corrected chi connectivity index (χ0v) is 28.6. The largest absolute Gasteiger partial charge is 0.332 e. The quantitative estimate of drug-likeness (QED) is 0.129. The molecule has 1 aliphatic carbocycles. The molecule has 0 spiro atoms. The number of hydrogen-bond acceptors (Lipinski definition) is 6. The highest BCUT2D eigenvalue weighted by Crippen LogP contribution is 2.30. The van der Waals surface area contributed by atoms with Crippen LogP contribution in [-0.2, 0) is 27.3 Å². The molecule has 49 heavy (non-hydrogen) atoms. The van der Waals surface area contributed by atoms with Crippen LogP contribution in [0.25, 0.3) is 10.9 Å². The van der Waals surface area contributed by atoms with Crippen molar-refractivity contribution in [1.82, 2.24) is 20.1 Å². The summed E-state index contributed by atoms with van der Waals surface area (Å²) in [6.07, 6.45) is 8.61. The van der Waals surface area contributed by atoms with Crippen LogP contribution in [0, 0.1) is 12.8 Å². The first-order valence-electron chi connectivity index (χ1n) is 17.3. The molecule has 5 rings (SSSR count). The molecule has 3 amide bonds. The number of rotatable bonds is 17. The summed E-state index contributed by atoms with van der Waals surface area (Å²) in [5.74, 6) is 0.499. The van der Waals surface area contributed by atoms with E-state index in [1.54, 1.807) is 24.1 Å². The van der Waals surface area contributed by atoms with Gasteiger partial charge < -0.3 is 25.2 Å². The van der Waals surface area contributed by atoms with Gasteiger partial charge in [-0.15, -0.1) is 0 Å². The molecule has 0 saturated heterocycles. The van der Waals surface area contributed by atoms with Gasteiger partial charge in [-0.1, -0.05) is 68.1 Å². The summed E-state index contributed by atoms with van der Waals surface area (Å²) >= 11 is 0. The molecule has 1 atom stereocenters. The van der Waals surface area contributed by atoms with Gasteiger partial charge in [-0.05, 0) is 85.8 Å². The maximum atomic E-state index is 13.1. The number of nitrogens with zero attached hydrogens (tertiary/aromatic N) is 3. The molecule has 1 aliphatic rings. The van der Waals surface area contributed by atoms with Crippen LogP contribution in [0.15, 0.2) is 78.9 Å². The second-order valence-electron chi connectivity index (χ2n) is 13.0. The van der Waals surface area contributed by atoms with E-state index in [2.05, 4.69) is 10.6 Å². The highest BCUT2D eigenvalue weighted by Gasteiger charge is 2.24. The van der Waals surface area contributed by atoms with Crippen molar-refractivity contribution in [2.75, 3.05) is 32.0 Å². The lowest BCUT2D eigenvalue weighted by atomic mass is 9.96. The Balaban J connectivity index is 1.35. The maximum Gasteiger partial charge on any atom is 0.254 e. The second kappa shape index (κ2) is 17.5. The minimum atomic E-state index is -0.376. The molecule has 1 fully saturated rings. The number of aromatic nitrogens is 1. The molecular weight excluding hydrogens is 614 g/mol. The molecule has 9 heteroatoms. The fourth-order valence-electron chi connectivity index (χ4n) is 6.71. The third-order valence-electron chi connectivity index (χ3n) is 9.57. The molecular formula is C40H47N5O4. The van der Waals surface area contributed by atoms with Crippen molar-refractivity contribution in [2.24, 2.45) is 5.92 Å². The molecule has 2 N–H and O–H groups in total. The van der Waals surface area contributed by atoms with E-state index in [0.717, 1.165) is 58.1 Å². The average molecular weight is 662 g/mol. The number of anilines is 1. The van der Waals surface area contributed by atoms with Crippen LogP contribution in [0.5, 0.6) is 0 Å². The molecule has 0 radical (unpaired) electrons. The van der Waals surface area contributed by atoms with Crippen molar-refractivity contribution in [3.05, 3.63) is 107 Å². The molecule has 256 valence electrons. The molecule has 4 aromatic rings. The van der Waals surface area contributed by atoms with Gasteiger partial charge in [-0.25, -0.2) is 0 Å². The average Bonchev–Trinajstić information content (AvgIpc) is 3.65. The van der Waals surface area contributed by atoms with E-state index in [1.807, 2.05) is 73.7 Å². The summed E-state index contributed by atoms with van der Waals surface area (Å²) in [6.45, 7) is 3.35. The van der Waals surface area contributed by atoms with Crippen LogP contribution in [0.4, 0.5) is 5.69 Å². The minimum Gasteiger partial charge on any atom is -0.332 e. The Morgan fingerprint density at radius 2 is 1.76 bits per heavy atom. The number of nitrogens with one attached hydrogen (secondary N) is 2. The monoisotopic (exact) mass is 661 g/mol. The molecule has 0 aliphatic heterocycles. The van der Waals surface area contributed by atoms with Crippen molar-refractivity contribution in [3.63, 3.8) is 0 Å². The van der Waals surface area contributed by atoms with Crippen molar-refractivity contribution in [2.45, 2.75) is 64.5 Å². The standard InChI is InChI=1S/C40H47N5O4/c1-29-25-35(42-39(48)20-13-30-7-3-4-8-30)18-16-34(29)26-38(37-19-17-32-9-5-6-10-36(32)43-37)45(28-47)27-31-11-14-33(15-12-31)40(49)44(23-24-46)22-21-41-2/h5-6,9-12,14-19,24-25,28,30,38,41H,3-4,7-8,13,20-23,26-27H2,1-2H3,(H,42,48). The molecule has 0 bridgehead atoms. The van der Waals surface area contributed by atoms with Crippen LogP contribution in [0.3, 0.4) is 0 Å². The minimum absolute atomic E-state index is 0.0226. The summed E-state index contributed by atoms with van der Waals surface area (Å²) in [6, 6.07) is 24.7. The van der Waals surface area contributed by atoms with Crippen LogP contribution in [0.2, 0.25) is 0 Å². The number of amides is 3. The Hall–Kier alpha value is -4.89. The summed E-state index contributed by atoms with van der Waals surface area (Å²) < 4.78 is 0. The number of fused-ring (bicyclic) bond motifs is 1. The van der Waals surface area contributed by atoms with Crippen molar-refractivity contribution < 1.29 is 19.2 Å². The van der Waals surface area contributed by atoms with Crippen LogP contribution >= 0.6 is 0 Å². The summed E-state index contributed by atoms with van der Waals surface area (Å²) in [7, 11) is 1.80. The first-order chi connectivity index (χ1) is 23.9. The van der Waals surface area contributed by atoms with E-state index in [-0.39, 0.29) is 24.4 Å². The normalized spacial score (nSPS) is 13.6. The Morgan fingerprint density at radius 1 is 0.980 bits per heavy atom. The summed E-state index contributed by atoms with van der Waals surface area (Å²) in [4.78, 5) is 58.0. The molecule has 1 unspecified atom stereocenters. The molecule has 1 saturated carbocycles. The van der Waals surface area contributed by atoms with Crippen molar-refractivity contribution >= 4 is 41.1 Å². The second-order valence-corrected chi connectivity index (χ2v) is 13.0. The fourth-order valence-corrected chi connectivity index (χ4v) is 6.71. The van der Waals surface area contributed by atoms with E-state index < -0.39 is 0 Å². The van der Waals surface area contributed by atoms with Crippen LogP contribution in [-0.4, -0.2) is 66.0 Å². The molecule has 1 heterocycles. The Kier molecular flexibility index (Phi) is 12.6. The molecule has 1 aromatic heterocycles. The molecule has 9 nitrogen and oxygen atoms in total. The first-order valence-corrected chi connectivity index (χ1v) is 17.3. The maximum absolute atomic E-state index is 13.1. The highest BCUT2D eigenvalue weighted by molar-refractivity contribution is 5.95. The van der Waals surface area contributed by atoms with Gasteiger partial charge in [-0.2, -0.15) is 0 Å². The smallest absolute Gasteiger partial charge is 0.254 e. The van der Waals surface area contributed by atoms with Gasteiger partial charge in [0.2, 0.25) is 12.3 Å². The van der Waals surface area contributed by atoms with Gasteiger partial charge in [0.15, 0.2) is 0 Å². The predicted molar refractivity (Wildman–Crippen MR) is 193 cm³/mol. The van der Waals surface area contributed by atoms with E-state index in [9.17, 15) is 19.2 Å². The zero-order chi connectivity index (χ0) is 34.6. The summed E-state index contributed by atoms with van der Waals surface area (Å²) in [5, 5.41) is 7.10. The third kappa shape index (κ3) is 9.60. The number of para-hydroxylation sites is 1. The number of hydrogen-bond donors (Lipinski definition) is 2. The number of aryl methyl sites for hydroxylation is 1. The number of likely N-dealkylation sites (N-methyl/N-ethyl adjacent to an activating group) is 1. The number of aldehydes is 1. The van der Waals surface area contributed by atoms with Gasteiger partial charge in [0.05, 0.1) is 23.8 Å². The topological polar surface area (TPSA) is 112 Å². The Labute approximate surface area is 289 Å². The van der Waals surface area contributed by atoms with E-state index in [1.165, 1.54) is 30.6 Å². The van der Waals surface area contributed by atoms with Gasteiger partial charge in [0, 0.05) is 42.7 Å². The lowest BCUT2D eigenvalue weighted by molar-refractivity contribution is -0.121. The van der Waals surface area contributed by atoms with Crippen molar-refractivity contribution in [1.29, 1.82) is 0 Å². The van der Waals surface area contributed by atoms with E-state index >= 15 is 0 Å². The number of benzene rings is 3. The Bertz CT molecular complexity index is 1730. The van der Waals surface area contributed by atoms with Gasteiger partial charge in [0.1, 0.15) is 6.29 Å². The number of carbonyl (C=O) groups excluding carboxylic acids is 4. The predicted octanol–water partition coefficient (Wildman–Crippen LogP) is 6.26. The Morgan fingerprint density at radius 3 is 2.47 bits per heavy atom. The zero-order valence-electron chi connectivity index (χ0n) is 28.6. The lowest BCUT2D eigenvalue weighted by Gasteiger charge is -2.29. The number of carbonyl (C=O) groups is 4. The first kappa shape index (κ1) is 35.4. The van der Waals surface area contributed by atoms with Crippen molar-refractivity contribution in [3.8, 4) is 0 Å². The van der Waals surface area contributed by atoms with Crippen LogP contribution in [0.1, 0.15) is 77.3 Å². The van der Waals surface area contributed by atoms with Gasteiger partial charge >= 0.3 is 0 Å². The third-order valence-corrected chi connectivity index (χ3v) is 9.57. The summed E-state index contributed by atoms with van der Waals surface area (Å²) in [5.41, 5.74) is 5.81. The van der Waals surface area contributed by atoms with E-state index in [0.29, 0.717) is 44.0 Å². The number of pyridine rings is 1. The molecule has 3 aromatic carbocycles. The van der Waals surface area contributed by atoms with E-state index in [4.69, 9.17) is 4.98 Å². The highest BCUT2D eigenvalue weighted by atomic mass is 16.2.